The van der Waals surface area contributed by atoms with Crippen LogP contribution in [0.15, 0.2) is 12.1 Å². The number of nitrogens with two attached hydrogens (primary N) is 1. The number of carboxylic acids is 1. The van der Waals surface area contributed by atoms with Gasteiger partial charge in [0.2, 0.25) is 5.91 Å². The molecule has 1 aromatic carbocycles. The van der Waals surface area contributed by atoms with E-state index in [4.69, 9.17) is 39.1 Å². The van der Waals surface area contributed by atoms with Gasteiger partial charge in [0.15, 0.2) is 5.75 Å². The highest BCUT2D eigenvalue weighted by atomic mass is 35.5. The lowest BCUT2D eigenvalue weighted by Gasteiger charge is -2.21. The van der Waals surface area contributed by atoms with Crippen molar-refractivity contribution in [1.82, 2.24) is 0 Å². The van der Waals surface area contributed by atoms with Crippen LogP contribution in [0.2, 0.25) is 10.0 Å². The Morgan fingerprint density at radius 3 is 1.96 bits per heavy atom. The number of amides is 1. The summed E-state index contributed by atoms with van der Waals surface area (Å²) in [6, 6.07) is 2.51. The van der Waals surface area contributed by atoms with Crippen molar-refractivity contribution >= 4 is 35.1 Å². The quantitative estimate of drug-likeness (QED) is 0.740. The van der Waals surface area contributed by atoms with Crippen molar-refractivity contribution in [3.05, 3.63) is 27.7 Å². The second-order valence-electron chi connectivity index (χ2n) is 6.62. The molecule has 1 atom stereocenters. The molecule has 0 aliphatic rings. The molecule has 0 saturated heterocycles. The third kappa shape index (κ3) is 9.31. The van der Waals surface area contributed by atoms with E-state index in [0.29, 0.717) is 0 Å². The molecule has 130 valence electrons. The van der Waals surface area contributed by atoms with Crippen LogP contribution in [-0.4, -0.2) is 22.1 Å². The van der Waals surface area contributed by atoms with Crippen LogP contribution >= 0.6 is 23.2 Å². The normalized spacial score (nSPS) is 12.1. The van der Waals surface area contributed by atoms with E-state index < -0.39 is 11.9 Å². The predicted molar refractivity (Wildman–Crippen MR) is 92.1 cm³/mol. The fourth-order valence-corrected chi connectivity index (χ4v) is 2.61. The zero-order valence-electron chi connectivity index (χ0n) is 13.7. The molecule has 0 fully saturated rings. The van der Waals surface area contributed by atoms with Crippen molar-refractivity contribution in [3.8, 4) is 5.75 Å². The Balaban J connectivity index is 0.000000423. The van der Waals surface area contributed by atoms with Gasteiger partial charge >= 0.3 is 5.97 Å². The van der Waals surface area contributed by atoms with Crippen molar-refractivity contribution in [2.45, 2.75) is 40.5 Å². The van der Waals surface area contributed by atoms with E-state index in [1.54, 1.807) is 0 Å². The first kappa shape index (κ1) is 21.5. The van der Waals surface area contributed by atoms with E-state index in [-0.39, 0.29) is 39.1 Å². The van der Waals surface area contributed by atoms with Gasteiger partial charge in [0.1, 0.15) is 0 Å². The average molecular weight is 364 g/mol. The van der Waals surface area contributed by atoms with Gasteiger partial charge < -0.3 is 15.9 Å². The molecular formula is C16H23Cl2NO4. The fraction of sp³-hybridized carbons (Fsp3) is 0.500. The molecule has 1 amide bonds. The molecule has 1 rings (SSSR count). The molecule has 4 N–H and O–H groups in total. The number of carbonyl (C=O) groups is 2. The Hall–Kier alpha value is -1.46. The number of rotatable bonds is 4. The number of aromatic hydroxyl groups is 1. The number of hydrogen-bond acceptors (Lipinski definition) is 3. The maximum Gasteiger partial charge on any atom is 0.303 e. The minimum Gasteiger partial charge on any atom is -0.505 e. The van der Waals surface area contributed by atoms with Crippen LogP contribution in [0, 0.1) is 11.3 Å². The molecule has 0 spiro atoms. The van der Waals surface area contributed by atoms with Crippen molar-refractivity contribution < 1.29 is 19.8 Å². The second-order valence-corrected chi connectivity index (χ2v) is 7.43. The van der Waals surface area contributed by atoms with Crippen LogP contribution in [0.1, 0.15) is 50.9 Å². The summed E-state index contributed by atoms with van der Waals surface area (Å²) >= 11 is 11.0. The molecule has 1 unspecified atom stereocenters. The Morgan fingerprint density at radius 2 is 1.65 bits per heavy atom. The molecular weight excluding hydrogens is 341 g/mol. The summed E-state index contributed by atoms with van der Waals surface area (Å²) in [5.74, 6) is -1.30. The van der Waals surface area contributed by atoms with Crippen molar-refractivity contribution in [2.75, 3.05) is 0 Å². The first-order valence-corrected chi connectivity index (χ1v) is 7.78. The summed E-state index contributed by atoms with van der Waals surface area (Å²) in [6.07, 6.45) is 1.26. The number of benzene rings is 1. The van der Waals surface area contributed by atoms with E-state index >= 15 is 0 Å². The lowest BCUT2D eigenvalue weighted by molar-refractivity contribution is -0.138. The fourth-order valence-electron chi connectivity index (χ4n) is 2.12. The molecule has 23 heavy (non-hydrogen) atoms. The first-order valence-electron chi connectivity index (χ1n) is 7.03. The van der Waals surface area contributed by atoms with Crippen LogP contribution < -0.4 is 5.73 Å². The van der Waals surface area contributed by atoms with Gasteiger partial charge in [0.25, 0.3) is 0 Å². The SMILES string of the molecule is CC(CC(=O)O)CC(C)(C)C.NC(=O)c1cc(Cl)c(O)c(Cl)c1. The van der Waals surface area contributed by atoms with E-state index in [0.717, 1.165) is 6.42 Å². The number of primary amides is 1. The summed E-state index contributed by atoms with van der Waals surface area (Å²) in [6.45, 7) is 8.38. The van der Waals surface area contributed by atoms with Gasteiger partial charge in [0, 0.05) is 12.0 Å². The van der Waals surface area contributed by atoms with Crippen molar-refractivity contribution in [2.24, 2.45) is 17.1 Å². The summed E-state index contributed by atoms with van der Waals surface area (Å²) in [4.78, 5) is 20.9. The Morgan fingerprint density at radius 1 is 1.22 bits per heavy atom. The highest BCUT2D eigenvalue weighted by Crippen LogP contribution is 2.32. The number of hydrogen-bond donors (Lipinski definition) is 3. The van der Waals surface area contributed by atoms with Crippen LogP contribution in [-0.2, 0) is 4.79 Å². The highest BCUT2D eigenvalue weighted by Gasteiger charge is 2.16. The molecule has 1 aromatic rings. The Bertz CT molecular complexity index is 545. The number of carboxylic acid groups (broad SMARTS) is 1. The third-order valence-electron chi connectivity index (χ3n) is 2.79. The standard InChI is InChI=1S/C9H18O2.C7H5Cl2NO2/c1-7(5-8(10)11)6-9(2,3)4;8-4-1-3(7(10)12)2-5(9)6(4)11/h7H,5-6H2,1-4H3,(H,10,11);1-2,11H,(H2,10,12). The minimum atomic E-state index is -0.693. The van der Waals surface area contributed by atoms with E-state index in [1.165, 1.54) is 12.1 Å². The van der Waals surface area contributed by atoms with E-state index in [2.05, 4.69) is 20.8 Å². The molecule has 0 heterocycles. The molecule has 0 aliphatic heterocycles. The van der Waals surface area contributed by atoms with E-state index in [9.17, 15) is 9.59 Å². The van der Waals surface area contributed by atoms with Gasteiger partial charge in [-0.25, -0.2) is 0 Å². The van der Waals surface area contributed by atoms with Crippen LogP contribution in [0.5, 0.6) is 5.75 Å². The third-order valence-corrected chi connectivity index (χ3v) is 3.36. The van der Waals surface area contributed by atoms with Crippen LogP contribution in [0.25, 0.3) is 0 Å². The zero-order valence-corrected chi connectivity index (χ0v) is 15.2. The Labute approximate surface area is 146 Å². The zero-order chi connectivity index (χ0) is 18.4. The molecule has 0 radical (unpaired) electrons. The van der Waals surface area contributed by atoms with Gasteiger partial charge in [-0.15, -0.1) is 0 Å². The van der Waals surface area contributed by atoms with Crippen molar-refractivity contribution in [1.29, 1.82) is 0 Å². The van der Waals surface area contributed by atoms with Crippen LogP contribution in [0.3, 0.4) is 0 Å². The van der Waals surface area contributed by atoms with Gasteiger partial charge in [-0.1, -0.05) is 50.9 Å². The van der Waals surface area contributed by atoms with Gasteiger partial charge in [-0.05, 0) is 29.9 Å². The van der Waals surface area contributed by atoms with Gasteiger partial charge in [0.05, 0.1) is 10.0 Å². The predicted octanol–water partition coefficient (Wildman–Crippen LogP) is 4.33. The summed E-state index contributed by atoms with van der Waals surface area (Å²) < 4.78 is 0. The van der Waals surface area contributed by atoms with Crippen molar-refractivity contribution in [3.63, 3.8) is 0 Å². The summed E-state index contributed by atoms with van der Waals surface area (Å²) in [5, 5.41) is 17.6. The number of carbonyl (C=O) groups excluding carboxylic acids is 1. The molecule has 7 heteroatoms. The van der Waals surface area contributed by atoms with Gasteiger partial charge in [-0.3, -0.25) is 9.59 Å². The maximum absolute atomic E-state index is 10.6. The monoisotopic (exact) mass is 363 g/mol. The molecule has 0 saturated carbocycles. The minimum absolute atomic E-state index is 0.0105. The number of halogens is 2. The van der Waals surface area contributed by atoms with Gasteiger partial charge in [-0.2, -0.15) is 0 Å². The summed E-state index contributed by atoms with van der Waals surface area (Å²) in [7, 11) is 0. The highest BCUT2D eigenvalue weighted by molar-refractivity contribution is 6.37. The first-order chi connectivity index (χ1) is 10.3. The topological polar surface area (TPSA) is 101 Å². The Kier molecular flexibility index (Phi) is 8.42. The molecule has 0 aliphatic carbocycles. The molecule has 0 aromatic heterocycles. The molecule has 0 bridgehead atoms. The average Bonchev–Trinajstić information content (AvgIpc) is 2.32. The van der Waals surface area contributed by atoms with E-state index in [1.807, 2.05) is 6.92 Å². The lowest BCUT2D eigenvalue weighted by Crippen LogP contribution is -2.13. The largest absolute Gasteiger partial charge is 0.505 e. The lowest BCUT2D eigenvalue weighted by atomic mass is 9.84. The number of aliphatic carboxylic acids is 1. The maximum atomic E-state index is 10.6. The smallest absolute Gasteiger partial charge is 0.303 e. The number of phenolic OH excluding ortho intramolecular Hbond substituents is 1. The summed E-state index contributed by atoms with van der Waals surface area (Å²) in [5.41, 5.74) is 5.38. The second kappa shape index (κ2) is 8.99. The van der Waals surface area contributed by atoms with Crippen LogP contribution in [0.4, 0.5) is 0 Å². The molecule has 5 nitrogen and oxygen atoms in total. The number of phenols is 1.